The molecule has 0 bridgehead atoms. The van der Waals surface area contributed by atoms with E-state index in [1.165, 1.54) is 12.1 Å². The smallest absolute Gasteiger partial charge is 0.508 e. The fourth-order valence-electron chi connectivity index (χ4n) is 1.90. The largest absolute Gasteiger partial charge is 0.573 e. The van der Waals surface area contributed by atoms with Crippen molar-refractivity contribution in [3.8, 4) is 11.5 Å². The van der Waals surface area contributed by atoms with Crippen LogP contribution < -0.4 is 15.6 Å². The molecule has 2 rings (SSSR count). The number of benzene rings is 2. The molecule has 0 atom stereocenters. The van der Waals surface area contributed by atoms with E-state index >= 15 is 0 Å². The molecule has 0 saturated carbocycles. The van der Waals surface area contributed by atoms with Crippen molar-refractivity contribution in [3.05, 3.63) is 59.7 Å². The zero-order valence-corrected chi connectivity index (χ0v) is 12.6. The van der Waals surface area contributed by atoms with Crippen LogP contribution in [0.1, 0.15) is 15.9 Å². The number of hydrogen-bond donors (Lipinski definition) is 3. The number of phenols is 1. The van der Waals surface area contributed by atoms with E-state index in [0.29, 0.717) is 5.56 Å². The molecule has 2 aromatic rings. The molecule has 2 aromatic carbocycles. The molecule has 0 spiro atoms. The van der Waals surface area contributed by atoms with Crippen molar-refractivity contribution in [2.75, 3.05) is 0 Å². The van der Waals surface area contributed by atoms with Gasteiger partial charge in [-0.25, -0.2) is 0 Å². The zero-order valence-electron chi connectivity index (χ0n) is 12.6. The highest BCUT2D eigenvalue weighted by atomic mass is 19.4. The third kappa shape index (κ3) is 6.05. The van der Waals surface area contributed by atoms with Crippen molar-refractivity contribution in [1.29, 1.82) is 0 Å². The van der Waals surface area contributed by atoms with E-state index in [0.717, 1.165) is 24.3 Å². The second kappa shape index (κ2) is 7.56. The fourth-order valence-corrected chi connectivity index (χ4v) is 1.90. The van der Waals surface area contributed by atoms with Crippen molar-refractivity contribution in [2.24, 2.45) is 0 Å². The molecule has 0 aliphatic carbocycles. The van der Waals surface area contributed by atoms with E-state index in [1.54, 1.807) is 12.1 Å². The second-order valence-electron chi connectivity index (χ2n) is 4.92. The molecular formula is C16H13F3N2O4. The molecule has 0 aliphatic heterocycles. The molecule has 0 aromatic heterocycles. The molecule has 0 heterocycles. The van der Waals surface area contributed by atoms with Crippen LogP contribution in [0.5, 0.6) is 11.5 Å². The van der Waals surface area contributed by atoms with Crippen molar-refractivity contribution in [2.45, 2.75) is 12.8 Å². The molecule has 132 valence electrons. The molecule has 9 heteroatoms. The molecule has 0 fully saturated rings. The van der Waals surface area contributed by atoms with Gasteiger partial charge >= 0.3 is 6.36 Å². The van der Waals surface area contributed by atoms with Crippen LogP contribution in [0.4, 0.5) is 13.2 Å². The molecular weight excluding hydrogens is 341 g/mol. The fraction of sp³-hybridized carbons (Fsp3) is 0.125. The lowest BCUT2D eigenvalue weighted by molar-refractivity contribution is -0.274. The number of rotatable bonds is 4. The third-order valence-corrected chi connectivity index (χ3v) is 2.94. The summed E-state index contributed by atoms with van der Waals surface area (Å²) in [5, 5.41) is 9.30. The Morgan fingerprint density at radius 2 is 1.72 bits per heavy atom. The number of amides is 2. The van der Waals surface area contributed by atoms with E-state index in [9.17, 15) is 27.9 Å². The van der Waals surface area contributed by atoms with Crippen LogP contribution >= 0.6 is 0 Å². The van der Waals surface area contributed by atoms with E-state index in [2.05, 4.69) is 15.6 Å². The molecule has 25 heavy (non-hydrogen) atoms. The van der Waals surface area contributed by atoms with Crippen LogP contribution in [0.2, 0.25) is 0 Å². The number of carbonyl (C=O) groups excluding carboxylic acids is 2. The van der Waals surface area contributed by atoms with Gasteiger partial charge in [-0.1, -0.05) is 12.1 Å². The Hall–Kier alpha value is -3.23. The van der Waals surface area contributed by atoms with Gasteiger partial charge < -0.3 is 9.84 Å². The average molecular weight is 354 g/mol. The number of ether oxygens (including phenoxy) is 1. The summed E-state index contributed by atoms with van der Waals surface area (Å²) >= 11 is 0. The van der Waals surface area contributed by atoms with Crippen LogP contribution in [0, 0.1) is 0 Å². The number of halogens is 3. The Balaban J connectivity index is 1.86. The first-order chi connectivity index (χ1) is 11.7. The van der Waals surface area contributed by atoms with Crippen molar-refractivity contribution in [3.63, 3.8) is 0 Å². The summed E-state index contributed by atoms with van der Waals surface area (Å²) in [6, 6.07) is 10.3. The van der Waals surface area contributed by atoms with E-state index in [4.69, 9.17) is 0 Å². The lowest BCUT2D eigenvalue weighted by Crippen LogP contribution is -2.42. The summed E-state index contributed by atoms with van der Waals surface area (Å²) in [5.41, 5.74) is 4.88. The summed E-state index contributed by atoms with van der Waals surface area (Å²) in [4.78, 5) is 23.5. The molecule has 2 amide bonds. The number of aromatic hydroxyl groups is 1. The number of alkyl halides is 3. The first-order valence-electron chi connectivity index (χ1n) is 6.96. The van der Waals surface area contributed by atoms with Gasteiger partial charge in [0.1, 0.15) is 11.5 Å². The summed E-state index contributed by atoms with van der Waals surface area (Å²) in [6.07, 6.45) is -4.89. The highest BCUT2D eigenvalue weighted by molar-refractivity contribution is 5.95. The van der Waals surface area contributed by atoms with Crippen molar-refractivity contribution >= 4 is 11.8 Å². The van der Waals surface area contributed by atoms with E-state index < -0.39 is 23.9 Å². The Morgan fingerprint density at radius 1 is 1.04 bits per heavy atom. The summed E-state index contributed by atoms with van der Waals surface area (Å²) in [5.74, 6) is -1.69. The second-order valence-corrected chi connectivity index (χ2v) is 4.92. The molecule has 0 saturated heterocycles. The maximum absolute atomic E-state index is 12.0. The van der Waals surface area contributed by atoms with Gasteiger partial charge in [-0.3, -0.25) is 20.4 Å². The van der Waals surface area contributed by atoms with Gasteiger partial charge in [0.05, 0.1) is 6.42 Å². The van der Waals surface area contributed by atoms with Gasteiger partial charge in [0.2, 0.25) is 5.91 Å². The van der Waals surface area contributed by atoms with Crippen LogP contribution in [0.3, 0.4) is 0 Å². The molecule has 3 N–H and O–H groups in total. The number of carbonyl (C=O) groups is 2. The number of hydrogen-bond acceptors (Lipinski definition) is 4. The lowest BCUT2D eigenvalue weighted by atomic mass is 10.1. The van der Waals surface area contributed by atoms with E-state index in [-0.39, 0.29) is 17.7 Å². The first-order valence-corrected chi connectivity index (χ1v) is 6.96. The molecule has 6 nitrogen and oxygen atoms in total. The SMILES string of the molecule is O=C(Cc1cccc(O)c1)NNC(=O)c1ccc(OC(F)(F)F)cc1. The Bertz CT molecular complexity index is 761. The molecule has 0 unspecified atom stereocenters. The highest BCUT2D eigenvalue weighted by Crippen LogP contribution is 2.22. The summed E-state index contributed by atoms with van der Waals surface area (Å²) in [7, 11) is 0. The Labute approximate surface area is 140 Å². The normalized spacial score (nSPS) is 10.8. The van der Waals surface area contributed by atoms with Gasteiger partial charge in [-0.15, -0.1) is 13.2 Å². The number of hydrazine groups is 1. The topological polar surface area (TPSA) is 87.7 Å². The monoisotopic (exact) mass is 354 g/mol. The standard InChI is InChI=1S/C16H13F3N2O4/c17-16(18,19)25-13-6-4-11(5-7-13)15(24)21-20-14(23)9-10-2-1-3-12(22)8-10/h1-8,22H,9H2,(H,20,23)(H,21,24). The van der Waals surface area contributed by atoms with Gasteiger partial charge in [0.15, 0.2) is 0 Å². The lowest BCUT2D eigenvalue weighted by Gasteiger charge is -2.10. The number of phenolic OH excluding ortho intramolecular Hbond substituents is 1. The third-order valence-electron chi connectivity index (χ3n) is 2.94. The van der Waals surface area contributed by atoms with Gasteiger partial charge in [0.25, 0.3) is 5.91 Å². The molecule has 0 radical (unpaired) electrons. The maximum Gasteiger partial charge on any atom is 0.573 e. The minimum absolute atomic E-state index is 0.00972. The summed E-state index contributed by atoms with van der Waals surface area (Å²) < 4.78 is 39.8. The predicted octanol–water partition coefficient (Wildman–Crippen LogP) is 2.29. The first kappa shape index (κ1) is 18.1. The average Bonchev–Trinajstić information content (AvgIpc) is 2.52. The van der Waals surface area contributed by atoms with Crippen LogP contribution in [-0.2, 0) is 11.2 Å². The Morgan fingerprint density at radius 3 is 2.32 bits per heavy atom. The molecule has 0 aliphatic rings. The van der Waals surface area contributed by atoms with Crippen LogP contribution in [0.25, 0.3) is 0 Å². The van der Waals surface area contributed by atoms with Crippen LogP contribution in [0.15, 0.2) is 48.5 Å². The van der Waals surface area contributed by atoms with Gasteiger partial charge in [-0.05, 0) is 42.0 Å². The minimum Gasteiger partial charge on any atom is -0.508 e. The minimum atomic E-state index is -4.82. The highest BCUT2D eigenvalue weighted by Gasteiger charge is 2.31. The van der Waals surface area contributed by atoms with Crippen LogP contribution in [-0.4, -0.2) is 23.3 Å². The zero-order chi connectivity index (χ0) is 18.4. The van der Waals surface area contributed by atoms with Crippen molar-refractivity contribution in [1.82, 2.24) is 10.9 Å². The van der Waals surface area contributed by atoms with E-state index in [1.807, 2.05) is 0 Å². The number of nitrogens with one attached hydrogen (secondary N) is 2. The van der Waals surface area contributed by atoms with Gasteiger partial charge in [-0.2, -0.15) is 0 Å². The van der Waals surface area contributed by atoms with Crippen molar-refractivity contribution < 1.29 is 32.6 Å². The quantitative estimate of drug-likeness (QED) is 0.735. The maximum atomic E-state index is 12.0. The summed E-state index contributed by atoms with van der Waals surface area (Å²) in [6.45, 7) is 0. The van der Waals surface area contributed by atoms with Gasteiger partial charge in [0, 0.05) is 5.56 Å². The predicted molar refractivity (Wildman–Crippen MR) is 80.5 cm³/mol. The Kier molecular flexibility index (Phi) is 5.48.